The highest BCUT2D eigenvalue weighted by Crippen LogP contribution is 2.18. The Morgan fingerprint density at radius 3 is 2.36 bits per heavy atom. The highest BCUT2D eigenvalue weighted by atomic mass is 32.2. The summed E-state index contributed by atoms with van der Waals surface area (Å²) in [6.45, 7) is 5.65. The summed E-state index contributed by atoms with van der Waals surface area (Å²) in [7, 11) is -4.15. The van der Waals surface area contributed by atoms with Gasteiger partial charge in [0.2, 0.25) is 10.0 Å². The lowest BCUT2D eigenvalue weighted by Gasteiger charge is -2.30. The van der Waals surface area contributed by atoms with Gasteiger partial charge >= 0.3 is 0 Å². The molecule has 0 fully saturated rings. The van der Waals surface area contributed by atoms with Gasteiger partial charge < -0.3 is 5.32 Å². The van der Waals surface area contributed by atoms with Crippen LogP contribution in [0.3, 0.4) is 0 Å². The predicted octanol–water partition coefficient (Wildman–Crippen LogP) is 3.37. The fourth-order valence-corrected chi connectivity index (χ4v) is 3.80. The minimum Gasteiger partial charge on any atom is -0.304 e. The number of nitrogens with one attached hydrogen (secondary N) is 2. The molecular formula is C18H22F2N2O2S. The standard InChI is InChI=1S/C18H22F2N2O2S/c1-13(14-7-5-4-6-8-14)22-18(2,3)12-21-25(23,24)17-11-15(19)9-10-16(17)20/h4-11,13,21-22H,12H2,1-3H3. The molecule has 4 nitrogen and oxygen atoms in total. The van der Waals surface area contributed by atoms with Crippen molar-refractivity contribution >= 4 is 10.0 Å². The van der Waals surface area contributed by atoms with E-state index >= 15 is 0 Å². The van der Waals surface area contributed by atoms with E-state index in [0.29, 0.717) is 6.07 Å². The molecule has 2 rings (SSSR count). The van der Waals surface area contributed by atoms with E-state index in [2.05, 4.69) is 10.0 Å². The molecule has 7 heteroatoms. The number of rotatable bonds is 7. The molecule has 0 spiro atoms. The molecule has 0 aromatic heterocycles. The van der Waals surface area contributed by atoms with Crippen molar-refractivity contribution in [3.05, 3.63) is 65.7 Å². The molecule has 136 valence electrons. The molecule has 0 aliphatic rings. The Morgan fingerprint density at radius 1 is 1.08 bits per heavy atom. The Morgan fingerprint density at radius 2 is 1.72 bits per heavy atom. The Balaban J connectivity index is 2.06. The van der Waals surface area contributed by atoms with Crippen LogP contribution in [0.25, 0.3) is 0 Å². The van der Waals surface area contributed by atoms with Crippen molar-refractivity contribution in [1.82, 2.24) is 10.0 Å². The first kappa shape index (κ1) is 19.5. The lowest BCUT2D eigenvalue weighted by Crippen LogP contribution is -2.49. The zero-order chi connectivity index (χ0) is 18.7. The monoisotopic (exact) mass is 368 g/mol. The maximum Gasteiger partial charge on any atom is 0.243 e. The second-order valence-corrected chi connectivity index (χ2v) is 8.30. The summed E-state index contributed by atoms with van der Waals surface area (Å²) < 4.78 is 53.8. The van der Waals surface area contributed by atoms with Crippen molar-refractivity contribution in [2.24, 2.45) is 0 Å². The second kappa shape index (κ2) is 7.59. The van der Waals surface area contributed by atoms with Crippen LogP contribution < -0.4 is 10.0 Å². The van der Waals surface area contributed by atoms with Crippen LogP contribution in [0.15, 0.2) is 53.4 Å². The van der Waals surface area contributed by atoms with E-state index in [0.717, 1.165) is 17.7 Å². The summed E-state index contributed by atoms with van der Waals surface area (Å²) >= 11 is 0. The van der Waals surface area contributed by atoms with Gasteiger partial charge in [-0.05, 0) is 44.5 Å². The number of hydrogen-bond donors (Lipinski definition) is 2. The molecule has 2 aromatic carbocycles. The van der Waals surface area contributed by atoms with Gasteiger partial charge in [0.25, 0.3) is 0 Å². The first-order valence-electron chi connectivity index (χ1n) is 7.88. The highest BCUT2D eigenvalue weighted by molar-refractivity contribution is 7.89. The van der Waals surface area contributed by atoms with E-state index < -0.39 is 32.1 Å². The fourth-order valence-electron chi connectivity index (χ4n) is 2.50. The van der Waals surface area contributed by atoms with Crippen molar-refractivity contribution in [3.63, 3.8) is 0 Å². The van der Waals surface area contributed by atoms with Crippen LogP contribution in [-0.2, 0) is 10.0 Å². The average Bonchev–Trinajstić information content (AvgIpc) is 2.56. The van der Waals surface area contributed by atoms with Gasteiger partial charge in [-0.3, -0.25) is 0 Å². The van der Waals surface area contributed by atoms with Gasteiger partial charge in [0, 0.05) is 18.1 Å². The Hall–Kier alpha value is -1.83. The number of benzene rings is 2. The lowest BCUT2D eigenvalue weighted by atomic mass is 10.0. The van der Waals surface area contributed by atoms with Crippen molar-refractivity contribution in [2.75, 3.05) is 6.54 Å². The van der Waals surface area contributed by atoms with Gasteiger partial charge in [-0.2, -0.15) is 0 Å². The maximum absolute atomic E-state index is 13.7. The fraction of sp³-hybridized carbons (Fsp3) is 0.333. The van der Waals surface area contributed by atoms with E-state index in [1.165, 1.54) is 0 Å². The van der Waals surface area contributed by atoms with Crippen molar-refractivity contribution < 1.29 is 17.2 Å². The largest absolute Gasteiger partial charge is 0.304 e. The minimum atomic E-state index is -4.15. The Kier molecular flexibility index (Phi) is 5.92. The van der Waals surface area contributed by atoms with Crippen LogP contribution in [0.4, 0.5) is 8.78 Å². The van der Waals surface area contributed by atoms with E-state index in [9.17, 15) is 17.2 Å². The van der Waals surface area contributed by atoms with Crippen molar-refractivity contribution in [1.29, 1.82) is 0 Å². The SMILES string of the molecule is CC(NC(C)(C)CNS(=O)(=O)c1cc(F)ccc1F)c1ccccc1. The van der Waals surface area contributed by atoms with Crippen LogP contribution >= 0.6 is 0 Å². The van der Waals surface area contributed by atoms with Gasteiger partial charge in [-0.15, -0.1) is 0 Å². The minimum absolute atomic E-state index is 0.00777. The molecule has 2 N–H and O–H groups in total. The van der Waals surface area contributed by atoms with Crippen LogP contribution in [0.2, 0.25) is 0 Å². The van der Waals surface area contributed by atoms with E-state index in [-0.39, 0.29) is 12.6 Å². The molecule has 0 aliphatic heterocycles. The molecule has 1 unspecified atom stereocenters. The molecule has 0 radical (unpaired) electrons. The van der Waals surface area contributed by atoms with Gasteiger partial charge in [0.1, 0.15) is 16.5 Å². The Bertz CT molecular complexity index is 824. The number of halogens is 2. The predicted molar refractivity (Wildman–Crippen MR) is 93.6 cm³/mol. The number of sulfonamides is 1. The van der Waals surface area contributed by atoms with Crippen molar-refractivity contribution in [3.8, 4) is 0 Å². The summed E-state index contributed by atoms with van der Waals surface area (Å²) in [5, 5.41) is 3.33. The third-order valence-corrected chi connectivity index (χ3v) is 5.21. The van der Waals surface area contributed by atoms with Crippen LogP contribution in [0.5, 0.6) is 0 Å². The van der Waals surface area contributed by atoms with Gasteiger partial charge in [-0.25, -0.2) is 21.9 Å². The van der Waals surface area contributed by atoms with Crippen molar-refractivity contribution in [2.45, 2.75) is 37.2 Å². The zero-order valence-electron chi connectivity index (χ0n) is 14.4. The zero-order valence-corrected chi connectivity index (χ0v) is 15.2. The molecule has 0 aliphatic carbocycles. The van der Waals surface area contributed by atoms with Gasteiger partial charge in [-0.1, -0.05) is 30.3 Å². The average molecular weight is 368 g/mol. The quantitative estimate of drug-likeness (QED) is 0.788. The highest BCUT2D eigenvalue weighted by Gasteiger charge is 2.26. The Labute approximate surface area is 147 Å². The maximum atomic E-state index is 13.7. The smallest absolute Gasteiger partial charge is 0.243 e. The summed E-state index contributed by atoms with van der Waals surface area (Å²) in [4.78, 5) is -0.695. The number of hydrogen-bond acceptors (Lipinski definition) is 3. The summed E-state index contributed by atoms with van der Waals surface area (Å²) in [6.07, 6.45) is 0. The molecule has 0 heterocycles. The second-order valence-electron chi connectivity index (χ2n) is 6.56. The molecule has 25 heavy (non-hydrogen) atoms. The van der Waals surface area contributed by atoms with Crippen LogP contribution in [-0.4, -0.2) is 20.5 Å². The summed E-state index contributed by atoms with van der Waals surface area (Å²) in [5.74, 6) is -1.80. The molecular weight excluding hydrogens is 346 g/mol. The first-order chi connectivity index (χ1) is 11.6. The normalized spacial score (nSPS) is 13.6. The third kappa shape index (κ3) is 5.32. The third-order valence-electron chi connectivity index (χ3n) is 3.79. The first-order valence-corrected chi connectivity index (χ1v) is 9.36. The lowest BCUT2D eigenvalue weighted by molar-refractivity contribution is 0.346. The summed E-state index contributed by atoms with van der Waals surface area (Å²) in [6, 6.07) is 12.1. The van der Waals surface area contributed by atoms with E-state index in [1.807, 2.05) is 51.1 Å². The molecule has 0 saturated heterocycles. The van der Waals surface area contributed by atoms with E-state index in [1.54, 1.807) is 0 Å². The van der Waals surface area contributed by atoms with Crippen LogP contribution in [0, 0.1) is 11.6 Å². The molecule has 0 bridgehead atoms. The van der Waals surface area contributed by atoms with E-state index in [4.69, 9.17) is 0 Å². The molecule has 2 aromatic rings. The van der Waals surface area contributed by atoms with Gasteiger partial charge in [0.05, 0.1) is 0 Å². The molecule has 1 atom stereocenters. The van der Waals surface area contributed by atoms with Gasteiger partial charge in [0.15, 0.2) is 0 Å². The molecule has 0 amide bonds. The van der Waals surface area contributed by atoms with Crippen LogP contribution in [0.1, 0.15) is 32.4 Å². The molecule has 0 saturated carbocycles. The topological polar surface area (TPSA) is 58.2 Å². The summed E-state index contributed by atoms with van der Waals surface area (Å²) in [5.41, 5.74) is 0.459.